The Morgan fingerprint density at radius 1 is 1.33 bits per heavy atom. The van der Waals surface area contributed by atoms with Crippen LogP contribution in [0.2, 0.25) is 0 Å². The van der Waals surface area contributed by atoms with Crippen LogP contribution in [0, 0.1) is 17.1 Å². The predicted octanol–water partition coefficient (Wildman–Crippen LogP) is 2.56. The van der Waals surface area contributed by atoms with Gasteiger partial charge < -0.3 is 15.6 Å². The Morgan fingerprint density at radius 2 is 2.10 bits per heavy atom. The first-order chi connectivity index (χ1) is 10.0. The van der Waals surface area contributed by atoms with Gasteiger partial charge in [0.05, 0.1) is 11.6 Å². The fourth-order valence-electron chi connectivity index (χ4n) is 1.75. The minimum absolute atomic E-state index is 0.0819. The number of nitriles is 1. The summed E-state index contributed by atoms with van der Waals surface area (Å²) in [6, 6.07) is 9.93. The Morgan fingerprint density at radius 3 is 2.76 bits per heavy atom. The van der Waals surface area contributed by atoms with E-state index in [1.807, 2.05) is 6.07 Å². The number of nitrogen functional groups attached to an aromatic ring is 1. The molecule has 6 heteroatoms. The van der Waals surface area contributed by atoms with Gasteiger partial charge in [-0.2, -0.15) is 5.26 Å². The van der Waals surface area contributed by atoms with Crippen molar-refractivity contribution >= 4 is 11.7 Å². The van der Waals surface area contributed by atoms with Gasteiger partial charge in [0.2, 0.25) is 0 Å². The minimum atomic E-state index is -1.19. The molecule has 0 aliphatic heterocycles. The second kappa shape index (κ2) is 5.92. The van der Waals surface area contributed by atoms with Gasteiger partial charge in [-0.05, 0) is 36.4 Å². The Hall–Kier alpha value is -3.07. The summed E-state index contributed by atoms with van der Waals surface area (Å²) >= 11 is 0. The number of hydrogen-bond donors (Lipinski definition) is 2. The number of anilines is 1. The van der Waals surface area contributed by atoms with E-state index in [-0.39, 0.29) is 29.2 Å². The van der Waals surface area contributed by atoms with E-state index in [9.17, 15) is 9.18 Å². The Bertz CT molecular complexity index is 738. The van der Waals surface area contributed by atoms with Gasteiger partial charge in [0.1, 0.15) is 23.7 Å². The topological polar surface area (TPSA) is 96.3 Å². The molecule has 106 valence electrons. The fourth-order valence-corrected chi connectivity index (χ4v) is 1.75. The average Bonchev–Trinajstić information content (AvgIpc) is 2.47. The molecule has 0 spiro atoms. The maximum absolute atomic E-state index is 13.6. The molecule has 0 fully saturated rings. The van der Waals surface area contributed by atoms with E-state index in [1.165, 1.54) is 36.4 Å². The highest BCUT2D eigenvalue weighted by Crippen LogP contribution is 2.23. The minimum Gasteiger partial charge on any atom is -0.488 e. The van der Waals surface area contributed by atoms with Gasteiger partial charge in [-0.3, -0.25) is 0 Å². The standard InChI is InChI=1S/C15H11FN2O3/c16-13-3-1-9(7-17)5-10(13)8-21-14-4-2-11(18)6-12(14)15(19)20/h1-6H,8,18H2,(H,19,20). The third-order valence-corrected chi connectivity index (χ3v) is 2.79. The molecule has 0 radical (unpaired) electrons. The summed E-state index contributed by atoms with van der Waals surface area (Å²) in [6.45, 7) is -0.189. The zero-order valence-corrected chi connectivity index (χ0v) is 10.8. The lowest BCUT2D eigenvalue weighted by atomic mass is 10.1. The number of ether oxygens (including phenoxy) is 1. The van der Waals surface area contributed by atoms with Crippen LogP contribution >= 0.6 is 0 Å². The molecule has 21 heavy (non-hydrogen) atoms. The van der Waals surface area contributed by atoms with Gasteiger partial charge in [0.15, 0.2) is 0 Å². The first-order valence-corrected chi connectivity index (χ1v) is 5.95. The molecule has 0 aliphatic rings. The maximum atomic E-state index is 13.6. The van der Waals surface area contributed by atoms with Gasteiger partial charge in [0.25, 0.3) is 0 Å². The summed E-state index contributed by atoms with van der Waals surface area (Å²) in [5.74, 6) is -1.64. The number of benzene rings is 2. The molecule has 0 saturated heterocycles. The lowest BCUT2D eigenvalue weighted by Crippen LogP contribution is -2.05. The summed E-state index contributed by atoms with van der Waals surface area (Å²) in [5, 5.41) is 17.9. The molecule has 0 unspecified atom stereocenters. The van der Waals surface area contributed by atoms with Gasteiger partial charge in [-0.1, -0.05) is 0 Å². The van der Waals surface area contributed by atoms with E-state index >= 15 is 0 Å². The van der Waals surface area contributed by atoms with Gasteiger partial charge in [-0.25, -0.2) is 9.18 Å². The van der Waals surface area contributed by atoms with Crippen molar-refractivity contribution in [1.29, 1.82) is 5.26 Å². The number of nitrogens with zero attached hydrogens (tertiary/aromatic N) is 1. The molecule has 5 nitrogen and oxygen atoms in total. The maximum Gasteiger partial charge on any atom is 0.339 e. The molecule has 0 heterocycles. The lowest BCUT2D eigenvalue weighted by molar-refractivity contribution is 0.0692. The van der Waals surface area contributed by atoms with Crippen LogP contribution in [-0.4, -0.2) is 11.1 Å². The first kappa shape index (κ1) is 14.3. The second-order valence-corrected chi connectivity index (χ2v) is 4.27. The SMILES string of the molecule is N#Cc1ccc(F)c(COc2ccc(N)cc2C(=O)O)c1. The molecule has 2 aromatic carbocycles. The van der Waals surface area contributed by atoms with Gasteiger partial charge in [-0.15, -0.1) is 0 Å². The van der Waals surface area contributed by atoms with Crippen LogP contribution in [0.25, 0.3) is 0 Å². The molecular formula is C15H11FN2O3. The van der Waals surface area contributed by atoms with E-state index in [4.69, 9.17) is 20.8 Å². The van der Waals surface area contributed by atoms with Crippen molar-refractivity contribution in [3.63, 3.8) is 0 Å². The van der Waals surface area contributed by atoms with E-state index in [0.29, 0.717) is 5.56 Å². The molecule has 0 saturated carbocycles. The number of nitrogens with two attached hydrogens (primary N) is 1. The summed E-state index contributed by atoms with van der Waals surface area (Å²) in [6.07, 6.45) is 0. The number of aromatic carboxylic acids is 1. The molecular weight excluding hydrogens is 275 g/mol. The number of halogens is 1. The third-order valence-electron chi connectivity index (χ3n) is 2.79. The number of carboxylic acid groups (broad SMARTS) is 1. The highest BCUT2D eigenvalue weighted by atomic mass is 19.1. The van der Waals surface area contributed by atoms with Crippen LogP contribution in [0.15, 0.2) is 36.4 Å². The van der Waals surface area contributed by atoms with Crippen LogP contribution in [-0.2, 0) is 6.61 Å². The highest BCUT2D eigenvalue weighted by Gasteiger charge is 2.13. The smallest absolute Gasteiger partial charge is 0.339 e. The molecule has 2 aromatic rings. The number of carbonyl (C=O) groups is 1. The zero-order valence-electron chi connectivity index (χ0n) is 10.8. The Balaban J connectivity index is 2.25. The summed E-state index contributed by atoms with van der Waals surface area (Å²) in [5.41, 5.74) is 6.17. The quantitative estimate of drug-likeness (QED) is 0.842. The summed E-state index contributed by atoms with van der Waals surface area (Å²) in [4.78, 5) is 11.1. The fraction of sp³-hybridized carbons (Fsp3) is 0.0667. The molecule has 0 amide bonds. The van der Waals surface area contributed by atoms with Crippen LogP contribution in [0.3, 0.4) is 0 Å². The van der Waals surface area contributed by atoms with Crippen molar-refractivity contribution in [3.8, 4) is 11.8 Å². The van der Waals surface area contributed by atoms with E-state index < -0.39 is 11.8 Å². The number of carboxylic acids is 1. The molecule has 2 rings (SSSR count). The molecule has 0 bridgehead atoms. The number of rotatable bonds is 4. The van der Waals surface area contributed by atoms with Crippen LogP contribution in [0.1, 0.15) is 21.5 Å². The van der Waals surface area contributed by atoms with Crippen LogP contribution in [0.4, 0.5) is 10.1 Å². The molecule has 0 atom stereocenters. The van der Waals surface area contributed by atoms with E-state index in [1.54, 1.807) is 0 Å². The zero-order chi connectivity index (χ0) is 15.4. The normalized spacial score (nSPS) is 9.90. The number of hydrogen-bond acceptors (Lipinski definition) is 4. The Kier molecular flexibility index (Phi) is 4.05. The van der Waals surface area contributed by atoms with Crippen LogP contribution in [0.5, 0.6) is 5.75 Å². The van der Waals surface area contributed by atoms with E-state index in [2.05, 4.69) is 0 Å². The van der Waals surface area contributed by atoms with Crippen molar-refractivity contribution in [1.82, 2.24) is 0 Å². The monoisotopic (exact) mass is 286 g/mol. The largest absolute Gasteiger partial charge is 0.488 e. The van der Waals surface area contributed by atoms with Crippen LogP contribution < -0.4 is 10.5 Å². The first-order valence-electron chi connectivity index (χ1n) is 5.95. The van der Waals surface area contributed by atoms with Crippen molar-refractivity contribution in [3.05, 3.63) is 58.9 Å². The van der Waals surface area contributed by atoms with Crippen molar-refractivity contribution < 1.29 is 19.0 Å². The Labute approximate surface area is 120 Å². The van der Waals surface area contributed by atoms with Crippen molar-refractivity contribution in [2.45, 2.75) is 6.61 Å². The average molecular weight is 286 g/mol. The summed E-state index contributed by atoms with van der Waals surface area (Å²) < 4.78 is 18.9. The molecule has 3 N–H and O–H groups in total. The molecule has 0 aromatic heterocycles. The molecule has 0 aliphatic carbocycles. The van der Waals surface area contributed by atoms with Crippen molar-refractivity contribution in [2.24, 2.45) is 0 Å². The summed E-state index contributed by atoms with van der Waals surface area (Å²) in [7, 11) is 0. The van der Waals surface area contributed by atoms with Gasteiger partial charge in [0, 0.05) is 11.3 Å². The highest BCUT2D eigenvalue weighted by molar-refractivity contribution is 5.92. The van der Waals surface area contributed by atoms with E-state index in [0.717, 1.165) is 0 Å². The second-order valence-electron chi connectivity index (χ2n) is 4.27. The van der Waals surface area contributed by atoms with Crippen molar-refractivity contribution in [2.75, 3.05) is 5.73 Å². The lowest BCUT2D eigenvalue weighted by Gasteiger charge is -2.10. The predicted molar refractivity (Wildman–Crippen MR) is 73.3 cm³/mol. The van der Waals surface area contributed by atoms with Gasteiger partial charge >= 0.3 is 5.97 Å². The third kappa shape index (κ3) is 3.28.